The molecule has 1 N–H and O–H groups in total. The van der Waals surface area contributed by atoms with Crippen LogP contribution in [-0.2, 0) is 30.7 Å². The number of pyridine rings is 1. The number of sulfonamides is 1. The van der Waals surface area contributed by atoms with Gasteiger partial charge in [-0.2, -0.15) is 13.5 Å². The zero-order valence-electron chi connectivity index (χ0n) is 30.3. The lowest BCUT2D eigenvalue weighted by Crippen LogP contribution is -2.52. The summed E-state index contributed by atoms with van der Waals surface area (Å²) in [6.07, 6.45) is 4.76. The van der Waals surface area contributed by atoms with E-state index in [2.05, 4.69) is 19.3 Å². The first-order valence-electron chi connectivity index (χ1n) is 18.3. The van der Waals surface area contributed by atoms with E-state index in [-0.39, 0.29) is 62.4 Å². The van der Waals surface area contributed by atoms with E-state index in [1.54, 1.807) is 0 Å². The van der Waals surface area contributed by atoms with Crippen LogP contribution in [0.4, 0.5) is 13.2 Å². The Hall–Kier alpha value is -4.41. The van der Waals surface area contributed by atoms with Crippen LogP contribution in [0.25, 0.3) is 0 Å². The zero-order chi connectivity index (χ0) is 40.3. The van der Waals surface area contributed by atoms with E-state index in [0.717, 1.165) is 57.0 Å². The molecule has 0 amide bonds. The van der Waals surface area contributed by atoms with Crippen LogP contribution in [0.3, 0.4) is 0 Å². The number of hydrogen-bond acceptors (Lipinski definition) is 10. The number of fused-ring (bicyclic) bond motifs is 3. The molecule has 0 spiro atoms. The van der Waals surface area contributed by atoms with Crippen molar-refractivity contribution in [2.24, 2.45) is 11.8 Å². The van der Waals surface area contributed by atoms with E-state index in [1.165, 1.54) is 60.9 Å². The Morgan fingerprint density at radius 1 is 0.912 bits per heavy atom. The third-order valence-electron chi connectivity index (χ3n) is 10.3. The van der Waals surface area contributed by atoms with Gasteiger partial charge in [0.05, 0.1) is 27.1 Å². The fourth-order valence-electron chi connectivity index (χ4n) is 6.96. The summed E-state index contributed by atoms with van der Waals surface area (Å²) in [6, 6.07) is 12.4. The Bertz CT molecular complexity index is 2190. The van der Waals surface area contributed by atoms with Gasteiger partial charge in [-0.25, -0.2) is 22.4 Å². The van der Waals surface area contributed by atoms with Gasteiger partial charge >= 0.3 is 18.6 Å². The SMILES string of the molecule is O=C(O[C@@H](Cc1c(Cl)cncc1Cl)c1ccc(OC(F)F)c(OCC2CC2)c1)c1ccc(S(=O)(=O)NC(C(=O)O[C@H]2CN3CCC2CC3)c2cccc(F)c2)cc1. The number of nitrogens with one attached hydrogen (secondary N) is 1. The molecule has 1 aromatic heterocycles. The maximum absolute atomic E-state index is 14.3. The molecular weight excluding hydrogens is 810 g/mol. The molecule has 11 nitrogen and oxygen atoms in total. The van der Waals surface area contributed by atoms with Crippen molar-refractivity contribution in [3.05, 3.63) is 117 Å². The molecule has 57 heavy (non-hydrogen) atoms. The highest BCUT2D eigenvalue weighted by atomic mass is 35.5. The highest BCUT2D eigenvalue weighted by Gasteiger charge is 2.39. The van der Waals surface area contributed by atoms with E-state index < -0.39 is 52.6 Å². The first kappa shape index (κ1) is 40.8. The second-order valence-electron chi connectivity index (χ2n) is 14.3. The number of hydrogen-bond donors (Lipinski definition) is 1. The molecule has 2 bridgehead atoms. The number of rotatable bonds is 16. The third-order valence-corrected chi connectivity index (χ3v) is 12.4. The Morgan fingerprint density at radius 3 is 2.26 bits per heavy atom. The van der Waals surface area contributed by atoms with Crippen molar-refractivity contribution in [3.63, 3.8) is 0 Å². The van der Waals surface area contributed by atoms with Crippen LogP contribution < -0.4 is 14.2 Å². The monoisotopic (exact) mass is 847 g/mol. The number of carbonyl (C=O) groups excluding carboxylic acids is 2. The summed E-state index contributed by atoms with van der Waals surface area (Å²) in [5.74, 6) is -2.13. The number of esters is 2. The number of benzene rings is 3. The van der Waals surface area contributed by atoms with Gasteiger partial charge in [0.25, 0.3) is 0 Å². The Morgan fingerprint density at radius 2 is 1.63 bits per heavy atom. The second kappa shape index (κ2) is 17.6. The number of aromatic nitrogens is 1. The van der Waals surface area contributed by atoms with Crippen LogP contribution >= 0.6 is 23.2 Å². The van der Waals surface area contributed by atoms with Crippen LogP contribution in [0.5, 0.6) is 11.5 Å². The van der Waals surface area contributed by atoms with E-state index in [0.29, 0.717) is 17.7 Å². The summed E-state index contributed by atoms with van der Waals surface area (Å²) < 4.78 is 93.0. The molecule has 302 valence electrons. The maximum atomic E-state index is 14.3. The summed E-state index contributed by atoms with van der Waals surface area (Å²) in [6.45, 7) is -0.491. The van der Waals surface area contributed by atoms with E-state index in [4.69, 9.17) is 37.4 Å². The van der Waals surface area contributed by atoms with Crippen LogP contribution in [0.2, 0.25) is 10.0 Å². The number of halogens is 5. The van der Waals surface area contributed by atoms with Crippen molar-refractivity contribution in [3.8, 4) is 11.5 Å². The maximum Gasteiger partial charge on any atom is 0.387 e. The molecule has 0 radical (unpaired) electrons. The molecule has 1 saturated carbocycles. The molecule has 3 saturated heterocycles. The molecule has 4 aromatic rings. The first-order chi connectivity index (χ1) is 27.3. The van der Waals surface area contributed by atoms with Gasteiger partial charge in [-0.15, -0.1) is 0 Å². The molecule has 4 aliphatic rings. The zero-order valence-corrected chi connectivity index (χ0v) is 32.6. The largest absolute Gasteiger partial charge is 0.489 e. The molecule has 4 heterocycles. The minimum atomic E-state index is -4.45. The molecule has 1 aliphatic carbocycles. The molecule has 1 unspecified atom stereocenters. The quantitative estimate of drug-likeness (QED) is 0.112. The van der Waals surface area contributed by atoms with E-state index >= 15 is 0 Å². The van der Waals surface area contributed by atoms with Gasteiger partial charge in [0.1, 0.15) is 24.1 Å². The summed E-state index contributed by atoms with van der Waals surface area (Å²) >= 11 is 12.8. The molecule has 8 rings (SSSR count). The standard InChI is InChI=1S/C40H38Cl2F3N3O8S/c41-31-19-46-20-32(42)30(31)18-34(26-8-11-33(56-40(44)45)35(17-26)53-22-23-4-5-23)54-38(49)25-6-9-29(10-7-25)57(51,52)47-37(27-2-1-3-28(43)16-27)39(50)55-36-21-48-14-12-24(36)13-15-48/h1-3,6-11,16-17,19-20,23-24,34,36-37,40,47H,4-5,12-15,18,21-22H2/t34-,36-,37?/m0/s1. The number of ether oxygens (including phenoxy) is 4. The molecule has 3 aliphatic heterocycles. The van der Waals surface area contributed by atoms with Gasteiger partial charge in [0.2, 0.25) is 10.0 Å². The fourth-order valence-corrected chi connectivity index (χ4v) is 8.65. The second-order valence-corrected chi connectivity index (χ2v) is 16.8. The minimum absolute atomic E-state index is 0.0268. The number of piperidine rings is 3. The van der Waals surface area contributed by atoms with Gasteiger partial charge in [0, 0.05) is 25.4 Å². The highest BCUT2D eigenvalue weighted by Crippen LogP contribution is 2.38. The van der Waals surface area contributed by atoms with Crippen molar-refractivity contribution in [1.29, 1.82) is 0 Å². The van der Waals surface area contributed by atoms with Crippen LogP contribution in [-0.4, -0.2) is 69.2 Å². The van der Waals surface area contributed by atoms with Gasteiger partial charge in [-0.3, -0.25) is 9.88 Å². The number of carbonyl (C=O) groups is 2. The van der Waals surface area contributed by atoms with Gasteiger partial charge in [-0.1, -0.05) is 41.4 Å². The summed E-state index contributed by atoms with van der Waals surface area (Å²) in [5.41, 5.74) is 0.751. The van der Waals surface area contributed by atoms with Gasteiger partial charge in [0.15, 0.2) is 11.5 Å². The molecule has 3 aromatic carbocycles. The van der Waals surface area contributed by atoms with E-state index in [9.17, 15) is 31.2 Å². The van der Waals surface area contributed by atoms with Crippen molar-refractivity contribution < 1.29 is 50.1 Å². The normalized spacial score (nSPS) is 20.1. The number of nitrogens with zero attached hydrogens (tertiary/aromatic N) is 2. The first-order valence-corrected chi connectivity index (χ1v) is 20.6. The third kappa shape index (κ3) is 10.2. The predicted molar refractivity (Wildman–Crippen MR) is 202 cm³/mol. The lowest BCUT2D eigenvalue weighted by Gasteiger charge is -2.44. The topological polar surface area (TPSA) is 133 Å². The van der Waals surface area contributed by atoms with E-state index in [1.807, 2.05) is 0 Å². The molecule has 3 atom stereocenters. The van der Waals surface area contributed by atoms with Crippen molar-refractivity contribution in [2.45, 2.75) is 61.9 Å². The Balaban J connectivity index is 1.11. The van der Waals surface area contributed by atoms with Crippen LogP contribution in [0.1, 0.15) is 64.9 Å². The number of alkyl halides is 2. The molecular formula is C40H38Cl2F3N3O8S. The van der Waals surface area contributed by atoms with Crippen molar-refractivity contribution in [2.75, 3.05) is 26.2 Å². The smallest absolute Gasteiger partial charge is 0.387 e. The lowest BCUT2D eigenvalue weighted by atomic mass is 9.86. The Labute approximate surface area is 337 Å². The average molecular weight is 849 g/mol. The van der Waals surface area contributed by atoms with Gasteiger partial charge < -0.3 is 18.9 Å². The van der Waals surface area contributed by atoms with Crippen LogP contribution in [0, 0.1) is 17.7 Å². The summed E-state index contributed by atoms with van der Waals surface area (Å²) in [4.78, 5) is 33.1. The van der Waals surface area contributed by atoms with Gasteiger partial charge in [-0.05, 0) is 116 Å². The summed E-state index contributed by atoms with van der Waals surface area (Å²) in [7, 11) is -4.45. The minimum Gasteiger partial charge on any atom is -0.489 e. The fraction of sp³-hybridized carbons (Fsp3) is 0.375. The summed E-state index contributed by atoms with van der Waals surface area (Å²) in [5, 5.41) is 0.385. The highest BCUT2D eigenvalue weighted by molar-refractivity contribution is 7.89. The molecule has 4 fully saturated rings. The average Bonchev–Trinajstić information content (AvgIpc) is 4.03. The van der Waals surface area contributed by atoms with Crippen LogP contribution in [0.15, 0.2) is 84.0 Å². The molecule has 17 heteroatoms. The Kier molecular flexibility index (Phi) is 12.6. The lowest BCUT2D eigenvalue weighted by molar-refractivity contribution is -0.161. The predicted octanol–water partition coefficient (Wildman–Crippen LogP) is 7.72. The van der Waals surface area contributed by atoms with Crippen molar-refractivity contribution in [1.82, 2.24) is 14.6 Å². The van der Waals surface area contributed by atoms with Crippen molar-refractivity contribution >= 4 is 45.2 Å².